The maximum atomic E-state index is 13.5. The molecule has 1 heterocycles. The Balaban J connectivity index is 1.86. The fourth-order valence-corrected chi connectivity index (χ4v) is 1.88. The minimum absolute atomic E-state index is 0.350. The normalized spacial score (nSPS) is 10.0. The van der Waals surface area contributed by atoms with E-state index in [1.807, 2.05) is 10.8 Å². The number of alkyl halides is 1. The Bertz CT molecular complexity index is 617. The van der Waals surface area contributed by atoms with Gasteiger partial charge in [0.25, 0.3) is 0 Å². The third kappa shape index (κ3) is 5.49. The zero-order valence-corrected chi connectivity index (χ0v) is 12.3. The summed E-state index contributed by atoms with van der Waals surface area (Å²) in [4.78, 5) is 3.97. The monoisotopic (exact) mass is 306 g/mol. The molecule has 0 aliphatic heterocycles. The molecular formula is C16H16ClFN2O. The number of rotatable bonds is 6. The number of aryl methyl sites for hydroxylation is 1. The Morgan fingerprint density at radius 1 is 1.33 bits per heavy atom. The molecule has 1 aromatic carbocycles. The Labute approximate surface area is 128 Å². The van der Waals surface area contributed by atoms with Gasteiger partial charge >= 0.3 is 0 Å². The molecule has 0 saturated heterocycles. The predicted octanol–water partition coefficient (Wildman–Crippen LogP) is 3.47. The highest BCUT2D eigenvalue weighted by molar-refractivity contribution is 6.18. The van der Waals surface area contributed by atoms with Crippen molar-refractivity contribution >= 4 is 11.6 Å². The van der Waals surface area contributed by atoms with Crippen LogP contribution in [0.25, 0.3) is 0 Å². The van der Waals surface area contributed by atoms with Gasteiger partial charge in [-0.05, 0) is 18.6 Å². The van der Waals surface area contributed by atoms with E-state index in [1.54, 1.807) is 18.6 Å². The van der Waals surface area contributed by atoms with Crippen molar-refractivity contribution in [2.75, 3.05) is 12.5 Å². The lowest BCUT2D eigenvalue weighted by Crippen LogP contribution is -2.03. The summed E-state index contributed by atoms with van der Waals surface area (Å²) >= 11 is 5.55. The lowest BCUT2D eigenvalue weighted by atomic mass is 10.2. The second-order valence-electron chi connectivity index (χ2n) is 4.42. The molecule has 2 rings (SSSR count). The van der Waals surface area contributed by atoms with Crippen molar-refractivity contribution in [1.29, 1.82) is 0 Å². The summed E-state index contributed by atoms with van der Waals surface area (Å²) in [5.41, 5.74) is 0.602. The van der Waals surface area contributed by atoms with Crippen LogP contribution in [-0.4, -0.2) is 22.0 Å². The van der Waals surface area contributed by atoms with E-state index in [0.29, 0.717) is 30.2 Å². The highest BCUT2D eigenvalue weighted by Crippen LogP contribution is 2.16. The summed E-state index contributed by atoms with van der Waals surface area (Å²) in [6.07, 6.45) is 6.79. The first-order valence-electron chi connectivity index (χ1n) is 6.72. The first-order valence-corrected chi connectivity index (χ1v) is 7.25. The van der Waals surface area contributed by atoms with E-state index in [9.17, 15) is 4.39 Å². The number of benzene rings is 1. The maximum absolute atomic E-state index is 13.5. The fourth-order valence-electron chi connectivity index (χ4n) is 1.79. The number of nitrogens with zero attached hydrogens (tertiary/aromatic N) is 2. The highest BCUT2D eigenvalue weighted by atomic mass is 35.5. The summed E-state index contributed by atoms with van der Waals surface area (Å²) in [5, 5.41) is 0. The van der Waals surface area contributed by atoms with Gasteiger partial charge in [0.1, 0.15) is 11.6 Å². The average molecular weight is 307 g/mol. The Hall–Kier alpha value is -1.99. The molecular weight excluding hydrogens is 291 g/mol. The van der Waals surface area contributed by atoms with Gasteiger partial charge in [-0.1, -0.05) is 11.8 Å². The molecule has 0 saturated carbocycles. The molecule has 0 spiro atoms. The summed E-state index contributed by atoms with van der Waals surface area (Å²) in [6.45, 7) is 1.33. The van der Waals surface area contributed by atoms with Crippen LogP contribution < -0.4 is 4.74 Å². The minimum Gasteiger partial charge on any atom is -0.493 e. The average Bonchev–Trinajstić information content (AvgIpc) is 2.97. The quantitative estimate of drug-likeness (QED) is 0.464. The fraction of sp³-hybridized carbons (Fsp3) is 0.312. The smallest absolute Gasteiger partial charge is 0.128 e. The van der Waals surface area contributed by atoms with E-state index >= 15 is 0 Å². The number of hydrogen-bond donors (Lipinski definition) is 0. The van der Waals surface area contributed by atoms with E-state index in [0.717, 1.165) is 13.0 Å². The van der Waals surface area contributed by atoms with E-state index < -0.39 is 0 Å². The van der Waals surface area contributed by atoms with Crippen LogP contribution >= 0.6 is 11.6 Å². The molecule has 0 unspecified atom stereocenters. The zero-order chi connectivity index (χ0) is 14.9. The molecule has 0 N–H and O–H groups in total. The molecule has 21 heavy (non-hydrogen) atoms. The van der Waals surface area contributed by atoms with E-state index in [1.165, 1.54) is 12.1 Å². The topological polar surface area (TPSA) is 27.1 Å². The molecule has 110 valence electrons. The second-order valence-corrected chi connectivity index (χ2v) is 4.80. The van der Waals surface area contributed by atoms with Gasteiger partial charge in [-0.2, -0.15) is 0 Å². The van der Waals surface area contributed by atoms with Gasteiger partial charge in [-0.3, -0.25) is 0 Å². The summed E-state index contributed by atoms with van der Waals surface area (Å²) in [7, 11) is 0. The van der Waals surface area contributed by atoms with Crippen LogP contribution in [0.5, 0.6) is 5.75 Å². The first kappa shape index (κ1) is 15.4. The van der Waals surface area contributed by atoms with Crippen molar-refractivity contribution in [2.24, 2.45) is 0 Å². The van der Waals surface area contributed by atoms with Gasteiger partial charge in [0, 0.05) is 42.9 Å². The summed E-state index contributed by atoms with van der Waals surface area (Å²) < 4.78 is 21.0. The molecule has 0 bridgehead atoms. The molecule has 0 fully saturated rings. The highest BCUT2D eigenvalue weighted by Gasteiger charge is 2.00. The van der Waals surface area contributed by atoms with Crippen molar-refractivity contribution in [2.45, 2.75) is 19.4 Å². The molecule has 0 aliphatic carbocycles. The van der Waals surface area contributed by atoms with Crippen molar-refractivity contribution < 1.29 is 9.13 Å². The number of imidazole rings is 1. The third-order valence-electron chi connectivity index (χ3n) is 2.71. The van der Waals surface area contributed by atoms with E-state index in [-0.39, 0.29) is 5.82 Å². The van der Waals surface area contributed by atoms with Gasteiger partial charge in [0.15, 0.2) is 0 Å². The molecule has 0 atom stereocenters. The van der Waals surface area contributed by atoms with Crippen LogP contribution in [0.2, 0.25) is 0 Å². The van der Waals surface area contributed by atoms with Crippen molar-refractivity contribution in [1.82, 2.24) is 9.55 Å². The number of halogens is 2. The number of aromatic nitrogens is 2. The van der Waals surface area contributed by atoms with Gasteiger partial charge in [-0.25, -0.2) is 9.37 Å². The van der Waals surface area contributed by atoms with Gasteiger partial charge in [0.05, 0.1) is 12.9 Å². The van der Waals surface area contributed by atoms with E-state index in [4.69, 9.17) is 16.3 Å². The molecule has 0 radical (unpaired) electrons. The van der Waals surface area contributed by atoms with Crippen LogP contribution in [0.1, 0.15) is 18.4 Å². The summed E-state index contributed by atoms with van der Waals surface area (Å²) in [5.74, 6) is 6.37. The van der Waals surface area contributed by atoms with Crippen LogP contribution in [0.4, 0.5) is 4.39 Å². The maximum Gasteiger partial charge on any atom is 0.128 e. The Morgan fingerprint density at radius 2 is 2.24 bits per heavy atom. The lowest BCUT2D eigenvalue weighted by Gasteiger charge is -2.07. The van der Waals surface area contributed by atoms with Gasteiger partial charge < -0.3 is 9.30 Å². The minimum atomic E-state index is -0.350. The third-order valence-corrected chi connectivity index (χ3v) is 2.90. The van der Waals surface area contributed by atoms with Crippen LogP contribution in [-0.2, 0) is 6.54 Å². The SMILES string of the molecule is Fc1cc(C#CCCCl)cc(OCCCn2ccnc2)c1. The number of hydrogen-bond acceptors (Lipinski definition) is 2. The first-order chi connectivity index (χ1) is 10.3. The molecule has 2 aromatic rings. The number of ether oxygens (including phenoxy) is 1. The second kappa shape index (κ2) is 8.33. The summed E-state index contributed by atoms with van der Waals surface area (Å²) in [6, 6.07) is 4.49. The van der Waals surface area contributed by atoms with Crippen molar-refractivity contribution in [3.8, 4) is 17.6 Å². The predicted molar refractivity (Wildman–Crippen MR) is 81.0 cm³/mol. The van der Waals surface area contributed by atoms with Crippen LogP contribution in [0.15, 0.2) is 36.9 Å². The molecule has 0 aliphatic rings. The molecule has 5 heteroatoms. The van der Waals surface area contributed by atoms with Crippen LogP contribution in [0, 0.1) is 17.7 Å². The zero-order valence-electron chi connectivity index (χ0n) is 11.6. The van der Waals surface area contributed by atoms with Gasteiger partial charge in [-0.15, -0.1) is 11.6 Å². The van der Waals surface area contributed by atoms with E-state index in [2.05, 4.69) is 16.8 Å². The van der Waals surface area contributed by atoms with Crippen molar-refractivity contribution in [3.63, 3.8) is 0 Å². The Morgan fingerprint density at radius 3 is 3.00 bits per heavy atom. The largest absolute Gasteiger partial charge is 0.493 e. The molecule has 0 amide bonds. The standard InChI is InChI=1S/C16H16ClFN2O/c17-5-2-1-4-14-10-15(18)12-16(11-14)21-9-3-7-20-8-6-19-13-20/h6,8,10-13H,2-3,5,7,9H2. The van der Waals surface area contributed by atoms with Gasteiger partial charge in [0.2, 0.25) is 0 Å². The lowest BCUT2D eigenvalue weighted by molar-refractivity contribution is 0.300. The molecule has 1 aromatic heterocycles. The van der Waals surface area contributed by atoms with Crippen LogP contribution in [0.3, 0.4) is 0 Å². The molecule has 3 nitrogen and oxygen atoms in total. The Kier molecular flexibility index (Phi) is 6.11. The van der Waals surface area contributed by atoms with Crippen molar-refractivity contribution in [3.05, 3.63) is 48.3 Å².